The van der Waals surface area contributed by atoms with Crippen LogP contribution in [0.25, 0.3) is 0 Å². The molecule has 2 fully saturated rings. The number of rotatable bonds is 3. The fraction of sp³-hybridized carbons (Fsp3) is 0.500. The minimum absolute atomic E-state index is 0.00624. The molecule has 1 aromatic carbocycles. The molecule has 1 unspecified atom stereocenters. The summed E-state index contributed by atoms with van der Waals surface area (Å²) < 4.78 is 0. The maximum atomic E-state index is 12.5. The van der Waals surface area contributed by atoms with E-state index in [1.807, 2.05) is 24.3 Å². The van der Waals surface area contributed by atoms with Crippen molar-refractivity contribution in [3.8, 4) is 0 Å². The van der Waals surface area contributed by atoms with Gasteiger partial charge in [-0.3, -0.25) is 4.79 Å². The van der Waals surface area contributed by atoms with Gasteiger partial charge < -0.3 is 15.5 Å². The van der Waals surface area contributed by atoms with Crippen molar-refractivity contribution in [1.29, 1.82) is 0 Å². The van der Waals surface area contributed by atoms with Crippen LogP contribution in [0.4, 0.5) is 4.79 Å². The minimum atomic E-state index is -0.0941. The molecule has 1 heterocycles. The van der Waals surface area contributed by atoms with Gasteiger partial charge in [0.2, 0.25) is 5.91 Å². The number of benzene rings is 1. The van der Waals surface area contributed by atoms with E-state index in [1.54, 1.807) is 4.90 Å². The van der Waals surface area contributed by atoms with Crippen LogP contribution < -0.4 is 10.6 Å². The van der Waals surface area contributed by atoms with E-state index in [0.717, 1.165) is 18.4 Å². The van der Waals surface area contributed by atoms with E-state index >= 15 is 0 Å². The van der Waals surface area contributed by atoms with Crippen LogP contribution in [0.3, 0.4) is 0 Å². The van der Waals surface area contributed by atoms with Gasteiger partial charge in [0.1, 0.15) is 0 Å². The topological polar surface area (TPSA) is 61.4 Å². The number of carbonyl (C=O) groups is 2. The summed E-state index contributed by atoms with van der Waals surface area (Å²) in [5, 5.41) is 6.61. The van der Waals surface area contributed by atoms with Gasteiger partial charge in [-0.05, 0) is 36.5 Å². The Morgan fingerprint density at radius 3 is 2.68 bits per heavy atom. The molecule has 22 heavy (non-hydrogen) atoms. The zero-order chi connectivity index (χ0) is 15.5. The Morgan fingerprint density at radius 1 is 1.27 bits per heavy atom. The Labute approximate surface area is 135 Å². The molecular weight excluding hydrogens is 302 g/mol. The van der Waals surface area contributed by atoms with Gasteiger partial charge in [-0.2, -0.15) is 0 Å². The van der Waals surface area contributed by atoms with Crippen molar-refractivity contribution in [2.45, 2.75) is 25.3 Å². The Kier molecular flexibility index (Phi) is 4.52. The lowest BCUT2D eigenvalue weighted by Gasteiger charge is -2.25. The van der Waals surface area contributed by atoms with Crippen LogP contribution in [-0.2, 0) is 4.79 Å². The van der Waals surface area contributed by atoms with Crippen LogP contribution in [0.15, 0.2) is 24.3 Å². The van der Waals surface area contributed by atoms with E-state index in [0.29, 0.717) is 37.0 Å². The summed E-state index contributed by atoms with van der Waals surface area (Å²) in [6.07, 6.45) is 2.63. The number of halogens is 1. The number of carbonyl (C=O) groups excluding carboxylic acids is 2. The molecule has 3 amide bonds. The summed E-state index contributed by atoms with van der Waals surface area (Å²) in [7, 11) is 0. The molecule has 118 valence electrons. The van der Waals surface area contributed by atoms with Crippen LogP contribution in [-0.4, -0.2) is 36.5 Å². The summed E-state index contributed by atoms with van der Waals surface area (Å²) in [5.41, 5.74) is 1.09. The molecular formula is C16H20ClN3O2. The van der Waals surface area contributed by atoms with Gasteiger partial charge in [0, 0.05) is 31.1 Å². The van der Waals surface area contributed by atoms with Crippen molar-refractivity contribution in [3.63, 3.8) is 0 Å². The van der Waals surface area contributed by atoms with Gasteiger partial charge in [-0.25, -0.2) is 4.79 Å². The number of amides is 3. The lowest BCUT2D eigenvalue weighted by atomic mass is 10.0. The highest BCUT2D eigenvalue weighted by Crippen LogP contribution is 2.41. The standard InChI is InChI=1S/C16H20ClN3O2/c17-13-5-3-12(4-6-13)15(11-1-2-11)19-16(22)20-9-7-14(21)18-8-10-20/h3-6,11,15H,1-2,7-10H2,(H,18,21)(H,19,22). The van der Waals surface area contributed by atoms with Crippen LogP contribution in [0.2, 0.25) is 5.02 Å². The van der Waals surface area contributed by atoms with Crippen molar-refractivity contribution in [3.05, 3.63) is 34.9 Å². The normalized spacial score (nSPS) is 20.0. The fourth-order valence-electron chi connectivity index (χ4n) is 2.77. The first-order chi connectivity index (χ1) is 10.6. The highest BCUT2D eigenvalue weighted by molar-refractivity contribution is 6.30. The maximum absolute atomic E-state index is 12.5. The largest absolute Gasteiger partial charge is 0.354 e. The number of urea groups is 1. The molecule has 1 saturated heterocycles. The first kappa shape index (κ1) is 15.2. The lowest BCUT2D eigenvalue weighted by Crippen LogP contribution is -2.43. The fourth-order valence-corrected chi connectivity index (χ4v) is 2.89. The van der Waals surface area contributed by atoms with Crippen molar-refractivity contribution in [2.75, 3.05) is 19.6 Å². The SMILES string of the molecule is O=C1CCN(C(=O)NC(c2ccc(Cl)cc2)C2CC2)CCN1. The van der Waals surface area contributed by atoms with E-state index in [2.05, 4.69) is 10.6 Å². The van der Waals surface area contributed by atoms with Gasteiger partial charge in [0.15, 0.2) is 0 Å². The smallest absolute Gasteiger partial charge is 0.317 e. The van der Waals surface area contributed by atoms with Crippen molar-refractivity contribution < 1.29 is 9.59 Å². The first-order valence-corrected chi connectivity index (χ1v) is 8.09. The molecule has 1 aromatic rings. The average Bonchev–Trinajstić information content (AvgIpc) is 3.33. The second kappa shape index (κ2) is 6.57. The van der Waals surface area contributed by atoms with Crippen LogP contribution in [0.5, 0.6) is 0 Å². The Bertz CT molecular complexity index is 557. The zero-order valence-corrected chi connectivity index (χ0v) is 13.1. The van der Waals surface area contributed by atoms with Crippen molar-refractivity contribution in [2.24, 2.45) is 5.92 Å². The molecule has 2 N–H and O–H groups in total. The highest BCUT2D eigenvalue weighted by atomic mass is 35.5. The lowest BCUT2D eigenvalue weighted by molar-refractivity contribution is -0.120. The number of nitrogens with zero attached hydrogens (tertiary/aromatic N) is 1. The molecule has 1 saturated carbocycles. The zero-order valence-electron chi connectivity index (χ0n) is 12.3. The molecule has 1 atom stereocenters. The quantitative estimate of drug-likeness (QED) is 0.897. The van der Waals surface area contributed by atoms with Crippen LogP contribution >= 0.6 is 11.6 Å². The second-order valence-corrected chi connectivity index (χ2v) is 6.34. The van der Waals surface area contributed by atoms with Gasteiger partial charge in [0.05, 0.1) is 6.04 Å². The van der Waals surface area contributed by atoms with E-state index in [1.165, 1.54) is 0 Å². The molecule has 0 spiro atoms. The van der Waals surface area contributed by atoms with Gasteiger partial charge in [0.25, 0.3) is 0 Å². The maximum Gasteiger partial charge on any atom is 0.317 e. The van der Waals surface area contributed by atoms with E-state index in [4.69, 9.17) is 11.6 Å². The summed E-state index contributed by atoms with van der Waals surface area (Å²) in [5.74, 6) is 0.503. The molecule has 1 aliphatic heterocycles. The molecule has 0 aromatic heterocycles. The summed E-state index contributed by atoms with van der Waals surface area (Å²) >= 11 is 5.94. The van der Waals surface area contributed by atoms with Crippen LogP contribution in [0, 0.1) is 5.92 Å². The molecule has 0 bridgehead atoms. The highest BCUT2D eigenvalue weighted by Gasteiger charge is 2.34. The average molecular weight is 322 g/mol. The predicted molar refractivity (Wildman–Crippen MR) is 84.6 cm³/mol. The number of nitrogens with one attached hydrogen (secondary N) is 2. The first-order valence-electron chi connectivity index (χ1n) is 7.71. The van der Waals surface area contributed by atoms with Gasteiger partial charge in [-0.15, -0.1) is 0 Å². The Hall–Kier alpha value is -1.75. The monoisotopic (exact) mass is 321 g/mol. The van der Waals surface area contributed by atoms with Crippen molar-refractivity contribution in [1.82, 2.24) is 15.5 Å². The third kappa shape index (κ3) is 3.71. The van der Waals surface area contributed by atoms with E-state index in [-0.39, 0.29) is 18.0 Å². The number of hydrogen-bond donors (Lipinski definition) is 2. The van der Waals surface area contributed by atoms with Crippen molar-refractivity contribution >= 4 is 23.5 Å². The summed E-state index contributed by atoms with van der Waals surface area (Å²) in [4.78, 5) is 25.6. The summed E-state index contributed by atoms with van der Waals surface area (Å²) in [6, 6.07) is 7.58. The van der Waals surface area contributed by atoms with Gasteiger partial charge in [-0.1, -0.05) is 23.7 Å². The Balaban J connectivity index is 1.67. The molecule has 0 radical (unpaired) electrons. The number of hydrogen-bond acceptors (Lipinski definition) is 2. The molecule has 6 heteroatoms. The van der Waals surface area contributed by atoms with E-state index in [9.17, 15) is 9.59 Å². The third-order valence-electron chi connectivity index (χ3n) is 4.20. The molecule has 1 aliphatic carbocycles. The molecule has 2 aliphatic rings. The minimum Gasteiger partial charge on any atom is -0.354 e. The molecule has 3 rings (SSSR count). The third-order valence-corrected chi connectivity index (χ3v) is 4.45. The van der Waals surface area contributed by atoms with Crippen LogP contribution in [0.1, 0.15) is 30.9 Å². The second-order valence-electron chi connectivity index (χ2n) is 5.90. The Morgan fingerprint density at radius 2 is 2.00 bits per heavy atom. The van der Waals surface area contributed by atoms with E-state index < -0.39 is 0 Å². The van der Waals surface area contributed by atoms with Gasteiger partial charge >= 0.3 is 6.03 Å². The molecule has 5 nitrogen and oxygen atoms in total. The predicted octanol–water partition coefficient (Wildman–Crippen LogP) is 2.32. The summed E-state index contributed by atoms with van der Waals surface area (Å²) in [6.45, 7) is 1.53.